The second kappa shape index (κ2) is 4.21. The van der Waals surface area contributed by atoms with E-state index in [2.05, 4.69) is 20.7 Å². The predicted molar refractivity (Wildman–Crippen MR) is 59.1 cm³/mol. The second-order valence-electron chi connectivity index (χ2n) is 3.26. The normalized spacial score (nSPS) is 20.2. The van der Waals surface area contributed by atoms with Crippen LogP contribution in [0.15, 0.2) is 33.6 Å². The van der Waals surface area contributed by atoms with Crippen molar-refractivity contribution in [2.24, 2.45) is 0 Å². The average Bonchev–Trinajstić information content (AvgIpc) is 2.99. The first-order valence-electron chi connectivity index (χ1n) is 4.45. The zero-order valence-corrected chi connectivity index (χ0v) is 10.2. The molecular formula is C9H10BrNO3S. The highest BCUT2D eigenvalue weighted by Crippen LogP contribution is 2.15. The first-order chi connectivity index (χ1) is 7.08. The lowest BCUT2D eigenvalue weighted by molar-refractivity contribution is 0.406. The number of ether oxygens (including phenoxy) is 1. The Balaban J connectivity index is 2.09. The van der Waals surface area contributed by atoms with E-state index in [-0.39, 0.29) is 11.0 Å². The van der Waals surface area contributed by atoms with Crippen molar-refractivity contribution in [1.29, 1.82) is 0 Å². The summed E-state index contributed by atoms with van der Waals surface area (Å²) in [5.41, 5.74) is 0. The van der Waals surface area contributed by atoms with Gasteiger partial charge >= 0.3 is 0 Å². The van der Waals surface area contributed by atoms with Crippen LogP contribution in [0.5, 0.6) is 0 Å². The molecule has 82 valence electrons. The fraction of sp³-hybridized carbons (Fsp3) is 0.333. The van der Waals surface area contributed by atoms with Gasteiger partial charge in [-0.1, -0.05) is 15.9 Å². The lowest BCUT2D eigenvalue weighted by atomic mass is 10.4. The molecule has 1 fully saturated rings. The Labute approximate surface area is 96.8 Å². The topological polar surface area (TPSA) is 58.7 Å². The van der Waals surface area contributed by atoms with E-state index >= 15 is 0 Å². The fourth-order valence-corrected chi connectivity index (χ4v) is 2.42. The largest absolute Gasteiger partial charge is 0.372 e. The molecule has 0 aliphatic carbocycles. The van der Waals surface area contributed by atoms with Crippen molar-refractivity contribution in [3.63, 3.8) is 0 Å². The minimum atomic E-state index is -3.38. The van der Waals surface area contributed by atoms with E-state index in [0.29, 0.717) is 13.2 Å². The van der Waals surface area contributed by atoms with Crippen LogP contribution in [0.25, 0.3) is 0 Å². The van der Waals surface area contributed by atoms with Crippen molar-refractivity contribution in [1.82, 2.24) is 4.72 Å². The molecule has 0 aromatic heterocycles. The lowest BCUT2D eigenvalue weighted by Crippen LogP contribution is -2.27. The quantitative estimate of drug-likeness (QED) is 0.846. The van der Waals surface area contributed by atoms with Crippen LogP contribution in [-0.4, -0.2) is 27.7 Å². The van der Waals surface area contributed by atoms with Gasteiger partial charge in [-0.3, -0.25) is 0 Å². The van der Waals surface area contributed by atoms with E-state index < -0.39 is 10.0 Å². The molecule has 0 saturated carbocycles. The second-order valence-corrected chi connectivity index (χ2v) is 5.94. The molecule has 1 aromatic carbocycles. The van der Waals surface area contributed by atoms with Gasteiger partial charge in [0.1, 0.15) is 0 Å². The highest BCUT2D eigenvalue weighted by Gasteiger charge is 2.25. The van der Waals surface area contributed by atoms with E-state index in [0.717, 1.165) is 4.47 Å². The van der Waals surface area contributed by atoms with Crippen LogP contribution in [0, 0.1) is 0 Å². The molecule has 15 heavy (non-hydrogen) atoms. The summed E-state index contributed by atoms with van der Waals surface area (Å²) in [5, 5.41) is 0. The molecule has 1 aliphatic rings. The number of epoxide rings is 1. The Morgan fingerprint density at radius 1 is 1.40 bits per heavy atom. The molecule has 2 rings (SSSR count). The molecule has 1 aromatic rings. The van der Waals surface area contributed by atoms with E-state index in [1.54, 1.807) is 24.3 Å². The summed E-state index contributed by atoms with van der Waals surface area (Å²) in [7, 11) is -3.38. The molecule has 0 unspecified atom stereocenters. The molecule has 0 bridgehead atoms. The first-order valence-corrected chi connectivity index (χ1v) is 6.72. The molecule has 1 aliphatic heterocycles. The van der Waals surface area contributed by atoms with E-state index in [9.17, 15) is 8.42 Å². The standard InChI is InChI=1S/C9H10BrNO3S/c10-7-1-3-9(4-2-7)15(12,13)11-5-8-6-14-8/h1-4,8,11H,5-6H2/t8-/m0/s1. The van der Waals surface area contributed by atoms with Gasteiger partial charge in [0.2, 0.25) is 10.0 Å². The maximum absolute atomic E-state index is 11.7. The van der Waals surface area contributed by atoms with E-state index in [1.807, 2.05) is 0 Å². The summed E-state index contributed by atoms with van der Waals surface area (Å²) in [6, 6.07) is 6.50. The molecule has 4 nitrogen and oxygen atoms in total. The monoisotopic (exact) mass is 291 g/mol. The third-order valence-electron chi connectivity index (χ3n) is 2.03. The third kappa shape index (κ3) is 3.01. The van der Waals surface area contributed by atoms with Crippen LogP contribution >= 0.6 is 15.9 Å². The van der Waals surface area contributed by atoms with Crippen LogP contribution in [0.1, 0.15) is 0 Å². The van der Waals surface area contributed by atoms with Crippen LogP contribution in [0.3, 0.4) is 0 Å². The van der Waals surface area contributed by atoms with Crippen LogP contribution in [-0.2, 0) is 14.8 Å². The molecule has 1 atom stereocenters. The van der Waals surface area contributed by atoms with Gasteiger partial charge in [0.15, 0.2) is 0 Å². The van der Waals surface area contributed by atoms with Gasteiger partial charge in [-0.2, -0.15) is 0 Å². The van der Waals surface area contributed by atoms with Crippen LogP contribution in [0.2, 0.25) is 0 Å². The summed E-state index contributed by atoms with van der Waals surface area (Å²) in [4.78, 5) is 0.270. The van der Waals surface area contributed by atoms with Crippen molar-refractivity contribution >= 4 is 26.0 Å². The number of rotatable bonds is 4. The summed E-state index contributed by atoms with van der Waals surface area (Å²) >= 11 is 3.25. The van der Waals surface area contributed by atoms with Crippen molar-refractivity contribution in [3.05, 3.63) is 28.7 Å². The van der Waals surface area contributed by atoms with Crippen molar-refractivity contribution in [2.45, 2.75) is 11.0 Å². The number of benzene rings is 1. The molecule has 6 heteroatoms. The van der Waals surface area contributed by atoms with Crippen LogP contribution in [0.4, 0.5) is 0 Å². The number of nitrogens with one attached hydrogen (secondary N) is 1. The number of hydrogen-bond acceptors (Lipinski definition) is 3. The maximum Gasteiger partial charge on any atom is 0.240 e. The first kappa shape index (κ1) is 11.1. The molecule has 1 heterocycles. The lowest BCUT2D eigenvalue weighted by Gasteiger charge is -2.04. The Bertz CT molecular complexity index is 439. The maximum atomic E-state index is 11.7. The zero-order valence-electron chi connectivity index (χ0n) is 7.81. The number of halogens is 1. The molecule has 0 radical (unpaired) electrons. The van der Waals surface area contributed by atoms with E-state index in [1.165, 1.54) is 0 Å². The SMILES string of the molecule is O=S(=O)(NC[C@H]1CO1)c1ccc(Br)cc1. The summed E-state index contributed by atoms with van der Waals surface area (Å²) < 4.78 is 31.7. The predicted octanol–water partition coefficient (Wildman–Crippen LogP) is 1.13. The molecule has 1 saturated heterocycles. The van der Waals surface area contributed by atoms with Gasteiger partial charge in [-0.15, -0.1) is 0 Å². The highest BCUT2D eigenvalue weighted by atomic mass is 79.9. The van der Waals surface area contributed by atoms with Gasteiger partial charge in [-0.25, -0.2) is 13.1 Å². The van der Waals surface area contributed by atoms with Gasteiger partial charge < -0.3 is 4.74 Å². The summed E-state index contributed by atoms with van der Waals surface area (Å²) in [6.45, 7) is 0.987. The Morgan fingerprint density at radius 3 is 2.53 bits per heavy atom. The summed E-state index contributed by atoms with van der Waals surface area (Å²) in [5.74, 6) is 0. The molecule has 1 N–H and O–H groups in total. The molecule has 0 spiro atoms. The molecular weight excluding hydrogens is 282 g/mol. The van der Waals surface area contributed by atoms with Crippen molar-refractivity contribution in [3.8, 4) is 0 Å². The van der Waals surface area contributed by atoms with Gasteiger partial charge in [-0.05, 0) is 24.3 Å². The van der Waals surface area contributed by atoms with Gasteiger partial charge in [0.05, 0.1) is 17.6 Å². The minimum absolute atomic E-state index is 0.0511. The minimum Gasteiger partial charge on any atom is -0.372 e. The fourth-order valence-electron chi connectivity index (χ4n) is 1.09. The summed E-state index contributed by atoms with van der Waals surface area (Å²) in [6.07, 6.45) is 0.0511. The Morgan fingerprint density at radius 2 is 2.00 bits per heavy atom. The average molecular weight is 292 g/mol. The van der Waals surface area contributed by atoms with Gasteiger partial charge in [0, 0.05) is 11.0 Å². The third-order valence-corrected chi connectivity index (χ3v) is 4.00. The Hall–Kier alpha value is -0.430. The van der Waals surface area contributed by atoms with Crippen molar-refractivity contribution in [2.75, 3.05) is 13.2 Å². The van der Waals surface area contributed by atoms with Crippen LogP contribution < -0.4 is 4.72 Å². The smallest absolute Gasteiger partial charge is 0.240 e. The number of sulfonamides is 1. The van der Waals surface area contributed by atoms with Crippen molar-refractivity contribution < 1.29 is 13.2 Å². The Kier molecular flexibility index (Phi) is 3.11. The molecule has 0 amide bonds. The van der Waals surface area contributed by atoms with E-state index in [4.69, 9.17) is 4.74 Å². The highest BCUT2D eigenvalue weighted by molar-refractivity contribution is 9.10. The number of hydrogen-bond donors (Lipinski definition) is 1. The zero-order chi connectivity index (χ0) is 10.9. The van der Waals surface area contributed by atoms with Gasteiger partial charge in [0.25, 0.3) is 0 Å².